The maximum absolute atomic E-state index is 13.5. The lowest BCUT2D eigenvalue weighted by atomic mass is 10.1. The molecule has 4 rings (SSSR count). The summed E-state index contributed by atoms with van der Waals surface area (Å²) in [4.78, 5) is 19.1. The number of alkyl halides is 1. The number of hydrogen-bond acceptors (Lipinski definition) is 7. The van der Waals surface area contributed by atoms with Gasteiger partial charge in [-0.1, -0.05) is 5.16 Å². The minimum absolute atomic E-state index is 0.0565. The second kappa shape index (κ2) is 8.35. The number of hydrogen-bond donors (Lipinski definition) is 0. The zero-order valence-corrected chi connectivity index (χ0v) is 17.2. The summed E-state index contributed by atoms with van der Waals surface area (Å²) < 4.78 is 25.7. The highest BCUT2D eigenvalue weighted by molar-refractivity contribution is 5.62. The van der Waals surface area contributed by atoms with E-state index in [1.165, 1.54) is 4.68 Å². The molecule has 0 amide bonds. The van der Waals surface area contributed by atoms with E-state index < -0.39 is 6.67 Å². The van der Waals surface area contributed by atoms with Crippen LogP contribution in [0.2, 0.25) is 0 Å². The number of morpholine rings is 1. The van der Waals surface area contributed by atoms with E-state index in [-0.39, 0.29) is 30.1 Å². The molecule has 158 valence electrons. The van der Waals surface area contributed by atoms with E-state index >= 15 is 0 Å². The monoisotopic (exact) mass is 413 g/mol. The molecule has 1 aliphatic heterocycles. The van der Waals surface area contributed by atoms with Crippen molar-refractivity contribution in [2.45, 2.75) is 46.2 Å². The zero-order chi connectivity index (χ0) is 21.3. The molecule has 1 saturated heterocycles. The minimum atomic E-state index is -0.821. The van der Waals surface area contributed by atoms with Crippen LogP contribution < -0.4 is 10.5 Å². The molecule has 2 atom stereocenters. The van der Waals surface area contributed by atoms with Gasteiger partial charge in [-0.3, -0.25) is 9.78 Å². The summed E-state index contributed by atoms with van der Waals surface area (Å²) in [6, 6.07) is 5.23. The Kier molecular flexibility index (Phi) is 5.63. The Morgan fingerprint density at radius 2 is 1.97 bits per heavy atom. The average Bonchev–Trinajstić information content (AvgIpc) is 3.12. The molecule has 3 aromatic rings. The molecule has 0 bridgehead atoms. The van der Waals surface area contributed by atoms with E-state index in [0.717, 1.165) is 11.4 Å². The number of halogens is 1. The standard InChI is InChI=1S/C21H24FN5O3/c1-13-4-5-16(8-23-13)21-18(19(7-22)30-25-21)12-27-20(28)6-17(9-24-27)26-10-14(2)29-15(3)11-26/h4-6,8-9,14-15H,7,10-12H2,1-3H3. The van der Waals surface area contributed by atoms with Gasteiger partial charge in [0.15, 0.2) is 12.4 Å². The molecule has 9 heteroatoms. The number of pyridine rings is 1. The highest BCUT2D eigenvalue weighted by atomic mass is 19.1. The van der Waals surface area contributed by atoms with Crippen LogP contribution >= 0.6 is 0 Å². The second-order valence-electron chi connectivity index (χ2n) is 7.63. The van der Waals surface area contributed by atoms with Gasteiger partial charge in [-0.25, -0.2) is 9.07 Å². The fourth-order valence-electron chi connectivity index (χ4n) is 3.70. The van der Waals surface area contributed by atoms with Crippen molar-refractivity contribution in [1.29, 1.82) is 0 Å². The SMILES string of the molecule is Cc1ccc(-c2noc(CF)c2Cn2ncc(N3CC(C)OC(C)C3)cc2=O)cn1. The Hall–Kier alpha value is -3.07. The molecule has 0 spiro atoms. The molecular weight excluding hydrogens is 389 g/mol. The molecule has 1 fully saturated rings. The molecular formula is C21H24FN5O3. The van der Waals surface area contributed by atoms with Crippen molar-refractivity contribution in [1.82, 2.24) is 19.9 Å². The van der Waals surface area contributed by atoms with Crippen molar-refractivity contribution in [3.63, 3.8) is 0 Å². The Bertz CT molecular complexity index is 1070. The van der Waals surface area contributed by atoms with Gasteiger partial charge in [0.25, 0.3) is 5.56 Å². The maximum atomic E-state index is 13.5. The van der Waals surface area contributed by atoms with Crippen LogP contribution in [0, 0.1) is 6.92 Å². The van der Waals surface area contributed by atoms with Gasteiger partial charge in [0.2, 0.25) is 0 Å². The zero-order valence-electron chi connectivity index (χ0n) is 17.2. The first-order valence-electron chi connectivity index (χ1n) is 9.88. The summed E-state index contributed by atoms with van der Waals surface area (Å²) in [5, 5.41) is 8.32. The maximum Gasteiger partial charge on any atom is 0.269 e. The topological polar surface area (TPSA) is 86.3 Å². The van der Waals surface area contributed by atoms with Crippen molar-refractivity contribution >= 4 is 5.69 Å². The molecule has 0 aliphatic carbocycles. The van der Waals surface area contributed by atoms with Gasteiger partial charge in [-0.15, -0.1) is 0 Å². The largest absolute Gasteiger partial charge is 0.372 e. The van der Waals surface area contributed by atoms with E-state index in [1.54, 1.807) is 18.5 Å². The van der Waals surface area contributed by atoms with Crippen LogP contribution in [0.15, 0.2) is 39.9 Å². The first kappa shape index (κ1) is 20.2. The van der Waals surface area contributed by atoms with Gasteiger partial charge in [0.05, 0.1) is 30.6 Å². The van der Waals surface area contributed by atoms with E-state index in [9.17, 15) is 9.18 Å². The number of aryl methyl sites for hydroxylation is 1. The van der Waals surface area contributed by atoms with Crippen LogP contribution in [-0.4, -0.2) is 45.2 Å². The lowest BCUT2D eigenvalue weighted by molar-refractivity contribution is -0.00525. The molecule has 3 aromatic heterocycles. The highest BCUT2D eigenvalue weighted by Gasteiger charge is 2.24. The van der Waals surface area contributed by atoms with Gasteiger partial charge in [0, 0.05) is 42.2 Å². The fourth-order valence-corrected chi connectivity index (χ4v) is 3.70. The molecule has 0 radical (unpaired) electrons. The van der Waals surface area contributed by atoms with Gasteiger partial charge < -0.3 is 14.2 Å². The minimum Gasteiger partial charge on any atom is -0.372 e. The first-order chi connectivity index (χ1) is 14.4. The van der Waals surface area contributed by atoms with Crippen LogP contribution in [0.1, 0.15) is 30.9 Å². The summed E-state index contributed by atoms with van der Waals surface area (Å²) in [6.07, 6.45) is 3.46. The smallest absolute Gasteiger partial charge is 0.269 e. The van der Waals surface area contributed by atoms with Gasteiger partial charge in [-0.05, 0) is 32.9 Å². The van der Waals surface area contributed by atoms with Gasteiger partial charge in [-0.2, -0.15) is 5.10 Å². The predicted molar refractivity (Wildman–Crippen MR) is 109 cm³/mol. The van der Waals surface area contributed by atoms with Crippen molar-refractivity contribution < 1.29 is 13.7 Å². The summed E-state index contributed by atoms with van der Waals surface area (Å²) >= 11 is 0. The van der Waals surface area contributed by atoms with E-state index in [2.05, 4.69) is 20.1 Å². The van der Waals surface area contributed by atoms with Crippen molar-refractivity contribution in [2.24, 2.45) is 0 Å². The van der Waals surface area contributed by atoms with Crippen molar-refractivity contribution in [3.05, 3.63) is 58.0 Å². The third kappa shape index (κ3) is 4.11. The molecule has 4 heterocycles. The summed E-state index contributed by atoms with van der Waals surface area (Å²) in [5.41, 5.74) is 2.97. The molecule has 30 heavy (non-hydrogen) atoms. The molecule has 8 nitrogen and oxygen atoms in total. The predicted octanol–water partition coefficient (Wildman–Crippen LogP) is 2.73. The van der Waals surface area contributed by atoms with Crippen LogP contribution in [0.4, 0.5) is 10.1 Å². The molecule has 0 N–H and O–H groups in total. The van der Waals surface area contributed by atoms with E-state index in [0.29, 0.717) is 29.9 Å². The Balaban J connectivity index is 1.63. The lowest BCUT2D eigenvalue weighted by Crippen LogP contribution is -2.46. The summed E-state index contributed by atoms with van der Waals surface area (Å²) in [6.45, 7) is 6.50. The van der Waals surface area contributed by atoms with Crippen molar-refractivity contribution in [3.8, 4) is 11.3 Å². The number of anilines is 1. The normalized spacial score (nSPS) is 19.3. The Labute approximate surface area is 173 Å². The number of rotatable bonds is 5. The lowest BCUT2D eigenvalue weighted by Gasteiger charge is -2.36. The first-order valence-corrected chi connectivity index (χ1v) is 9.88. The molecule has 2 unspecified atom stereocenters. The third-order valence-electron chi connectivity index (χ3n) is 5.12. The van der Waals surface area contributed by atoms with Gasteiger partial charge >= 0.3 is 0 Å². The van der Waals surface area contributed by atoms with E-state index in [1.807, 2.05) is 32.9 Å². The fraction of sp³-hybridized carbons (Fsp3) is 0.429. The molecule has 0 aromatic carbocycles. The van der Waals surface area contributed by atoms with E-state index in [4.69, 9.17) is 9.26 Å². The Morgan fingerprint density at radius 1 is 1.20 bits per heavy atom. The van der Waals surface area contributed by atoms with Crippen LogP contribution in [0.25, 0.3) is 11.3 Å². The van der Waals surface area contributed by atoms with Crippen LogP contribution in [0.5, 0.6) is 0 Å². The number of ether oxygens (including phenoxy) is 1. The van der Waals surface area contributed by atoms with Crippen molar-refractivity contribution in [2.75, 3.05) is 18.0 Å². The summed E-state index contributed by atoms with van der Waals surface area (Å²) in [5.74, 6) is 0.0826. The Morgan fingerprint density at radius 3 is 2.60 bits per heavy atom. The van der Waals surface area contributed by atoms with Crippen LogP contribution in [0.3, 0.4) is 0 Å². The molecule has 1 aliphatic rings. The second-order valence-corrected chi connectivity index (χ2v) is 7.63. The molecule has 0 saturated carbocycles. The number of aromatic nitrogens is 4. The quantitative estimate of drug-likeness (QED) is 0.636. The van der Waals surface area contributed by atoms with Crippen LogP contribution in [-0.2, 0) is 18.0 Å². The summed E-state index contributed by atoms with van der Waals surface area (Å²) in [7, 11) is 0. The average molecular weight is 413 g/mol. The number of nitrogens with zero attached hydrogens (tertiary/aromatic N) is 5. The highest BCUT2D eigenvalue weighted by Crippen LogP contribution is 2.26. The third-order valence-corrected chi connectivity index (χ3v) is 5.12. The van der Waals surface area contributed by atoms with Gasteiger partial charge in [0.1, 0.15) is 5.69 Å².